The van der Waals surface area contributed by atoms with Crippen LogP contribution >= 0.6 is 23.2 Å². The van der Waals surface area contributed by atoms with Crippen LogP contribution in [0.1, 0.15) is 23.7 Å². The summed E-state index contributed by atoms with van der Waals surface area (Å²) in [6, 6.07) is 7.02. The molecule has 1 fully saturated rings. The first-order chi connectivity index (χ1) is 8.08. The molecule has 0 N–H and O–H groups in total. The van der Waals surface area contributed by atoms with Gasteiger partial charge in [-0.25, -0.2) is 0 Å². The van der Waals surface area contributed by atoms with Gasteiger partial charge in [-0.3, -0.25) is 4.79 Å². The van der Waals surface area contributed by atoms with E-state index >= 15 is 0 Å². The Bertz CT molecular complexity index is 404. The summed E-state index contributed by atoms with van der Waals surface area (Å²) in [5.41, 5.74) is 0.689. The van der Waals surface area contributed by atoms with Crippen LogP contribution in [-0.2, 0) is 0 Å². The topological polar surface area (TPSA) is 20.3 Å². The third-order valence-corrected chi connectivity index (χ3v) is 4.08. The number of alkyl halides is 1. The van der Waals surface area contributed by atoms with Gasteiger partial charge in [0.2, 0.25) is 0 Å². The summed E-state index contributed by atoms with van der Waals surface area (Å²) in [6.45, 7) is 3.55. The molecule has 1 aromatic carbocycles. The number of nitrogens with zero attached hydrogens (tertiary/aromatic N) is 1. The molecule has 0 aliphatic carbocycles. The van der Waals surface area contributed by atoms with Crippen LogP contribution in [0.4, 0.5) is 0 Å². The molecule has 0 radical (unpaired) electrons. The Morgan fingerprint density at radius 3 is 2.59 bits per heavy atom. The Morgan fingerprint density at radius 1 is 1.35 bits per heavy atom. The van der Waals surface area contributed by atoms with Gasteiger partial charge in [0.05, 0.1) is 0 Å². The van der Waals surface area contributed by atoms with Crippen molar-refractivity contribution in [3.63, 3.8) is 0 Å². The van der Waals surface area contributed by atoms with Gasteiger partial charge in [0.1, 0.15) is 0 Å². The normalized spacial score (nSPS) is 24.8. The van der Waals surface area contributed by atoms with Crippen LogP contribution in [0.15, 0.2) is 24.3 Å². The number of carbonyl (C=O) groups is 1. The summed E-state index contributed by atoms with van der Waals surface area (Å²) in [6.07, 6.45) is 0.863. The smallest absolute Gasteiger partial charge is 0.253 e. The van der Waals surface area contributed by atoms with E-state index in [1.54, 1.807) is 24.3 Å². The second-order valence-electron chi connectivity index (χ2n) is 4.54. The molecule has 0 saturated carbocycles. The summed E-state index contributed by atoms with van der Waals surface area (Å²) in [5, 5.41) is 0.832. The first-order valence-corrected chi connectivity index (χ1v) is 6.58. The van der Waals surface area contributed by atoms with E-state index in [9.17, 15) is 4.79 Å². The van der Waals surface area contributed by atoms with E-state index in [-0.39, 0.29) is 11.3 Å². The van der Waals surface area contributed by atoms with Gasteiger partial charge >= 0.3 is 0 Å². The summed E-state index contributed by atoms with van der Waals surface area (Å²) in [5.74, 6) is 0.416. The fourth-order valence-corrected chi connectivity index (χ4v) is 2.38. The van der Waals surface area contributed by atoms with E-state index in [0.717, 1.165) is 19.5 Å². The Hall–Kier alpha value is -0.730. The Kier molecular flexibility index (Phi) is 3.95. The molecular weight excluding hydrogens is 257 g/mol. The predicted octanol–water partition coefficient (Wildman–Crippen LogP) is 3.43. The minimum absolute atomic E-state index is 0.0667. The number of piperidine rings is 1. The van der Waals surface area contributed by atoms with Crippen molar-refractivity contribution in [3.8, 4) is 0 Å². The second kappa shape index (κ2) is 5.28. The molecule has 2 unspecified atom stereocenters. The van der Waals surface area contributed by atoms with E-state index < -0.39 is 0 Å². The zero-order valence-electron chi connectivity index (χ0n) is 9.70. The molecular formula is C13H15Cl2NO. The van der Waals surface area contributed by atoms with Crippen molar-refractivity contribution in [2.24, 2.45) is 5.92 Å². The lowest BCUT2D eigenvalue weighted by Crippen LogP contribution is -2.43. The van der Waals surface area contributed by atoms with Crippen LogP contribution in [0.3, 0.4) is 0 Å². The van der Waals surface area contributed by atoms with E-state index in [4.69, 9.17) is 23.2 Å². The summed E-state index contributed by atoms with van der Waals surface area (Å²) < 4.78 is 0. The van der Waals surface area contributed by atoms with Gasteiger partial charge in [0.25, 0.3) is 5.91 Å². The van der Waals surface area contributed by atoms with Gasteiger partial charge in [-0.15, -0.1) is 11.6 Å². The minimum atomic E-state index is 0.0667. The molecule has 2 rings (SSSR count). The molecule has 1 aliphatic heterocycles. The second-order valence-corrected chi connectivity index (χ2v) is 5.54. The van der Waals surface area contributed by atoms with Gasteiger partial charge in [0.15, 0.2) is 0 Å². The van der Waals surface area contributed by atoms with Gasteiger partial charge in [-0.05, 0) is 36.6 Å². The molecule has 0 spiro atoms. The Morgan fingerprint density at radius 2 is 2.00 bits per heavy atom. The molecule has 1 aliphatic rings. The zero-order valence-corrected chi connectivity index (χ0v) is 11.2. The van der Waals surface area contributed by atoms with E-state index in [0.29, 0.717) is 16.5 Å². The van der Waals surface area contributed by atoms with Gasteiger partial charge in [-0.1, -0.05) is 18.5 Å². The van der Waals surface area contributed by atoms with Crippen LogP contribution < -0.4 is 0 Å². The van der Waals surface area contributed by atoms with Crippen molar-refractivity contribution >= 4 is 29.1 Å². The number of rotatable bonds is 1. The maximum atomic E-state index is 12.2. The van der Waals surface area contributed by atoms with Crippen molar-refractivity contribution in [1.29, 1.82) is 0 Å². The number of benzene rings is 1. The van der Waals surface area contributed by atoms with Crippen LogP contribution in [0.5, 0.6) is 0 Å². The van der Waals surface area contributed by atoms with Crippen LogP contribution in [-0.4, -0.2) is 29.3 Å². The van der Waals surface area contributed by atoms with Crippen molar-refractivity contribution in [2.75, 3.05) is 13.1 Å². The molecule has 17 heavy (non-hydrogen) atoms. The Balaban J connectivity index is 2.08. The average Bonchev–Trinajstić information content (AvgIpc) is 2.33. The Labute approximate surface area is 112 Å². The summed E-state index contributed by atoms with van der Waals surface area (Å²) >= 11 is 12.0. The van der Waals surface area contributed by atoms with Crippen molar-refractivity contribution in [2.45, 2.75) is 18.7 Å². The maximum absolute atomic E-state index is 12.2. The monoisotopic (exact) mass is 271 g/mol. The lowest BCUT2D eigenvalue weighted by Gasteiger charge is -2.34. The predicted molar refractivity (Wildman–Crippen MR) is 70.8 cm³/mol. The first kappa shape index (κ1) is 12.7. The standard InChI is InChI=1S/C13H15Cl2NO/c1-9-8-16(7-6-12(9)15)13(17)10-2-4-11(14)5-3-10/h2-5,9,12H,6-8H2,1H3. The summed E-state index contributed by atoms with van der Waals surface area (Å²) in [7, 11) is 0. The molecule has 92 valence electrons. The molecule has 2 nitrogen and oxygen atoms in total. The third kappa shape index (κ3) is 2.93. The first-order valence-electron chi connectivity index (χ1n) is 5.77. The number of hydrogen-bond donors (Lipinski definition) is 0. The van der Waals surface area contributed by atoms with Crippen LogP contribution in [0.25, 0.3) is 0 Å². The zero-order chi connectivity index (χ0) is 12.4. The third-order valence-electron chi connectivity index (χ3n) is 3.18. The molecule has 1 saturated heterocycles. The fraction of sp³-hybridized carbons (Fsp3) is 0.462. The molecule has 0 bridgehead atoms. The number of halogens is 2. The molecule has 1 heterocycles. The SMILES string of the molecule is CC1CN(C(=O)c2ccc(Cl)cc2)CCC1Cl. The molecule has 4 heteroatoms. The van der Waals surface area contributed by atoms with Crippen LogP contribution in [0.2, 0.25) is 5.02 Å². The van der Waals surface area contributed by atoms with Crippen molar-refractivity contribution < 1.29 is 4.79 Å². The number of amides is 1. The largest absolute Gasteiger partial charge is 0.338 e. The lowest BCUT2D eigenvalue weighted by molar-refractivity contribution is 0.0687. The van der Waals surface area contributed by atoms with Crippen LogP contribution in [0, 0.1) is 5.92 Å². The highest BCUT2D eigenvalue weighted by Gasteiger charge is 2.27. The minimum Gasteiger partial charge on any atom is -0.338 e. The highest BCUT2D eigenvalue weighted by molar-refractivity contribution is 6.30. The molecule has 0 aromatic heterocycles. The molecule has 1 aromatic rings. The average molecular weight is 272 g/mol. The summed E-state index contributed by atoms with van der Waals surface area (Å²) in [4.78, 5) is 14.1. The van der Waals surface area contributed by atoms with Gasteiger partial charge in [-0.2, -0.15) is 0 Å². The number of hydrogen-bond acceptors (Lipinski definition) is 1. The van der Waals surface area contributed by atoms with Crippen molar-refractivity contribution in [3.05, 3.63) is 34.9 Å². The number of likely N-dealkylation sites (tertiary alicyclic amines) is 1. The quantitative estimate of drug-likeness (QED) is 0.717. The highest BCUT2D eigenvalue weighted by atomic mass is 35.5. The van der Waals surface area contributed by atoms with Crippen molar-refractivity contribution in [1.82, 2.24) is 4.90 Å². The van der Waals surface area contributed by atoms with Gasteiger partial charge < -0.3 is 4.90 Å². The van der Waals surface area contributed by atoms with E-state index in [1.165, 1.54) is 0 Å². The molecule has 1 amide bonds. The fourth-order valence-electron chi connectivity index (χ4n) is 2.08. The molecule has 2 atom stereocenters. The lowest BCUT2D eigenvalue weighted by atomic mass is 9.99. The number of carbonyl (C=O) groups excluding carboxylic acids is 1. The van der Waals surface area contributed by atoms with E-state index in [2.05, 4.69) is 6.92 Å². The maximum Gasteiger partial charge on any atom is 0.253 e. The highest BCUT2D eigenvalue weighted by Crippen LogP contribution is 2.23. The van der Waals surface area contributed by atoms with Gasteiger partial charge in [0, 0.05) is 29.1 Å². The van der Waals surface area contributed by atoms with E-state index in [1.807, 2.05) is 4.90 Å².